The molecule has 0 spiro atoms. The van der Waals surface area contributed by atoms with Crippen LogP contribution in [0.15, 0.2) is 0 Å². The molecule has 0 aromatic heterocycles. The number of carbonyl (C=O) groups excluding carboxylic acids is 1. The molecular formula is C14H24N2O4. The van der Waals surface area contributed by atoms with Crippen LogP contribution in [0.2, 0.25) is 0 Å². The van der Waals surface area contributed by atoms with E-state index in [4.69, 9.17) is 5.11 Å². The maximum absolute atomic E-state index is 12.0. The zero-order chi connectivity index (χ0) is 14.7. The number of aliphatic hydroxyl groups excluding tert-OH is 1. The first-order valence-electron chi connectivity index (χ1n) is 7.40. The molecular weight excluding hydrogens is 260 g/mol. The fraction of sp³-hybridized carbons (Fsp3) is 0.857. The Morgan fingerprint density at radius 1 is 1.35 bits per heavy atom. The molecule has 1 heterocycles. The first-order chi connectivity index (χ1) is 9.47. The minimum atomic E-state index is -0.801. The fourth-order valence-electron chi connectivity index (χ4n) is 3.25. The van der Waals surface area contributed by atoms with Crippen molar-refractivity contribution in [1.29, 1.82) is 0 Å². The highest BCUT2D eigenvalue weighted by Crippen LogP contribution is 2.37. The van der Waals surface area contributed by atoms with Crippen molar-refractivity contribution >= 4 is 12.0 Å². The van der Waals surface area contributed by atoms with Crippen LogP contribution in [0.1, 0.15) is 32.6 Å². The molecule has 2 fully saturated rings. The summed E-state index contributed by atoms with van der Waals surface area (Å²) in [6.07, 6.45) is 2.31. The van der Waals surface area contributed by atoms with Gasteiger partial charge in [-0.2, -0.15) is 0 Å². The molecule has 4 atom stereocenters. The molecule has 0 aromatic rings. The van der Waals surface area contributed by atoms with E-state index in [1.54, 1.807) is 4.90 Å². The molecule has 0 aromatic carbocycles. The van der Waals surface area contributed by atoms with Gasteiger partial charge in [0.05, 0.1) is 6.10 Å². The summed E-state index contributed by atoms with van der Waals surface area (Å²) in [5, 5.41) is 21.3. The first kappa shape index (κ1) is 15.1. The number of nitrogens with one attached hydrogen (secondary N) is 1. The Kier molecular flexibility index (Phi) is 4.86. The molecule has 1 aliphatic heterocycles. The average molecular weight is 284 g/mol. The molecule has 0 radical (unpaired) electrons. The van der Waals surface area contributed by atoms with E-state index in [9.17, 15) is 14.7 Å². The van der Waals surface area contributed by atoms with Crippen LogP contribution in [-0.4, -0.2) is 52.9 Å². The molecule has 114 valence electrons. The van der Waals surface area contributed by atoms with Gasteiger partial charge in [-0.25, -0.2) is 4.79 Å². The summed E-state index contributed by atoms with van der Waals surface area (Å²) in [5.74, 6) is 0.0395. The SMILES string of the molecule is CC(CCC(=O)O)CNC(=O)N1CC2CCC(O)C2C1. The molecule has 4 unspecified atom stereocenters. The smallest absolute Gasteiger partial charge is 0.317 e. The summed E-state index contributed by atoms with van der Waals surface area (Å²) in [6.45, 7) is 3.81. The van der Waals surface area contributed by atoms with E-state index in [1.165, 1.54) is 0 Å². The fourth-order valence-corrected chi connectivity index (χ4v) is 3.25. The van der Waals surface area contributed by atoms with Gasteiger partial charge in [0, 0.05) is 32.0 Å². The summed E-state index contributed by atoms with van der Waals surface area (Å²) in [6, 6.07) is -0.0891. The minimum absolute atomic E-state index is 0.0891. The predicted molar refractivity (Wildman–Crippen MR) is 73.2 cm³/mol. The lowest BCUT2D eigenvalue weighted by molar-refractivity contribution is -0.137. The van der Waals surface area contributed by atoms with Crippen molar-refractivity contribution in [1.82, 2.24) is 10.2 Å². The van der Waals surface area contributed by atoms with Crippen LogP contribution < -0.4 is 5.32 Å². The Labute approximate surface area is 119 Å². The van der Waals surface area contributed by atoms with Crippen molar-refractivity contribution in [3.8, 4) is 0 Å². The predicted octanol–water partition coefficient (Wildman–Crippen LogP) is 0.900. The van der Waals surface area contributed by atoms with Gasteiger partial charge in [-0.3, -0.25) is 4.79 Å². The van der Waals surface area contributed by atoms with Crippen molar-refractivity contribution in [2.45, 2.75) is 38.7 Å². The normalized spacial score (nSPS) is 30.1. The highest BCUT2D eigenvalue weighted by Gasteiger charge is 2.43. The second-order valence-corrected chi connectivity index (χ2v) is 6.20. The van der Waals surface area contributed by atoms with Crippen LogP contribution >= 0.6 is 0 Å². The van der Waals surface area contributed by atoms with Gasteiger partial charge in [0.25, 0.3) is 0 Å². The molecule has 2 rings (SSSR count). The third kappa shape index (κ3) is 3.62. The average Bonchev–Trinajstić information content (AvgIpc) is 2.96. The van der Waals surface area contributed by atoms with Crippen LogP contribution in [0.25, 0.3) is 0 Å². The number of carboxylic acids is 1. The number of nitrogens with zero attached hydrogens (tertiary/aromatic N) is 1. The zero-order valence-electron chi connectivity index (χ0n) is 11.9. The largest absolute Gasteiger partial charge is 0.481 e. The number of rotatable bonds is 5. The summed E-state index contributed by atoms with van der Waals surface area (Å²) in [4.78, 5) is 24.3. The number of carboxylic acid groups (broad SMARTS) is 1. The van der Waals surface area contributed by atoms with Crippen LogP contribution in [-0.2, 0) is 4.79 Å². The number of aliphatic hydroxyl groups is 1. The molecule has 2 amide bonds. The van der Waals surface area contributed by atoms with E-state index >= 15 is 0 Å². The standard InChI is InChI=1S/C14H24N2O4/c1-9(2-5-13(18)19)6-15-14(20)16-7-10-3-4-12(17)11(10)8-16/h9-12,17H,2-8H2,1H3,(H,15,20)(H,18,19). The Hall–Kier alpha value is -1.30. The van der Waals surface area contributed by atoms with Gasteiger partial charge >= 0.3 is 12.0 Å². The minimum Gasteiger partial charge on any atom is -0.481 e. The van der Waals surface area contributed by atoms with Gasteiger partial charge in [-0.15, -0.1) is 0 Å². The molecule has 1 saturated heterocycles. The van der Waals surface area contributed by atoms with Crippen LogP contribution in [0, 0.1) is 17.8 Å². The van der Waals surface area contributed by atoms with Crippen molar-refractivity contribution in [3.63, 3.8) is 0 Å². The molecule has 2 aliphatic rings. The second kappa shape index (κ2) is 6.43. The van der Waals surface area contributed by atoms with Crippen molar-refractivity contribution in [3.05, 3.63) is 0 Å². The number of urea groups is 1. The highest BCUT2D eigenvalue weighted by molar-refractivity contribution is 5.74. The second-order valence-electron chi connectivity index (χ2n) is 6.20. The molecule has 1 saturated carbocycles. The van der Waals surface area contributed by atoms with E-state index in [1.807, 2.05) is 6.92 Å². The number of likely N-dealkylation sites (tertiary alicyclic amines) is 1. The maximum atomic E-state index is 12.0. The van der Waals surface area contributed by atoms with E-state index < -0.39 is 5.97 Å². The summed E-state index contributed by atoms with van der Waals surface area (Å²) in [5.41, 5.74) is 0. The Morgan fingerprint density at radius 2 is 2.10 bits per heavy atom. The third-order valence-electron chi connectivity index (χ3n) is 4.56. The van der Waals surface area contributed by atoms with Crippen molar-refractivity contribution < 1.29 is 19.8 Å². The van der Waals surface area contributed by atoms with E-state index in [0.29, 0.717) is 25.4 Å². The van der Waals surface area contributed by atoms with Crippen molar-refractivity contribution in [2.24, 2.45) is 17.8 Å². The zero-order valence-corrected chi connectivity index (χ0v) is 11.9. The molecule has 3 N–H and O–H groups in total. The Bertz CT molecular complexity index is 374. The first-order valence-corrected chi connectivity index (χ1v) is 7.40. The van der Waals surface area contributed by atoms with Gasteiger partial charge in [0.2, 0.25) is 0 Å². The highest BCUT2D eigenvalue weighted by atomic mass is 16.4. The van der Waals surface area contributed by atoms with Crippen LogP contribution in [0.3, 0.4) is 0 Å². The van der Waals surface area contributed by atoms with E-state index in [-0.39, 0.29) is 30.4 Å². The lowest BCUT2D eigenvalue weighted by Crippen LogP contribution is -2.41. The van der Waals surface area contributed by atoms with Crippen LogP contribution in [0.5, 0.6) is 0 Å². The quantitative estimate of drug-likeness (QED) is 0.699. The van der Waals surface area contributed by atoms with E-state index in [2.05, 4.69) is 5.32 Å². The number of hydrogen-bond acceptors (Lipinski definition) is 3. The molecule has 6 heteroatoms. The monoisotopic (exact) mass is 284 g/mol. The van der Waals surface area contributed by atoms with Gasteiger partial charge in [-0.1, -0.05) is 6.92 Å². The third-order valence-corrected chi connectivity index (χ3v) is 4.56. The molecule has 1 aliphatic carbocycles. The van der Waals surface area contributed by atoms with Gasteiger partial charge in [0.1, 0.15) is 0 Å². The number of carbonyl (C=O) groups is 2. The number of fused-ring (bicyclic) bond motifs is 1. The summed E-state index contributed by atoms with van der Waals surface area (Å²) < 4.78 is 0. The Morgan fingerprint density at radius 3 is 2.75 bits per heavy atom. The number of amides is 2. The lowest BCUT2D eigenvalue weighted by Gasteiger charge is -2.20. The Balaban J connectivity index is 1.69. The number of aliphatic carboxylic acids is 1. The molecule has 0 bridgehead atoms. The van der Waals surface area contributed by atoms with Gasteiger partial charge < -0.3 is 20.4 Å². The molecule has 6 nitrogen and oxygen atoms in total. The van der Waals surface area contributed by atoms with Gasteiger partial charge in [0.15, 0.2) is 0 Å². The van der Waals surface area contributed by atoms with Gasteiger partial charge in [-0.05, 0) is 31.1 Å². The topological polar surface area (TPSA) is 89.9 Å². The van der Waals surface area contributed by atoms with Crippen LogP contribution in [0.4, 0.5) is 4.79 Å². The van der Waals surface area contributed by atoms with E-state index in [0.717, 1.165) is 19.4 Å². The lowest BCUT2D eigenvalue weighted by atomic mass is 10.00. The summed E-state index contributed by atoms with van der Waals surface area (Å²) >= 11 is 0. The number of hydrogen-bond donors (Lipinski definition) is 3. The van der Waals surface area contributed by atoms with Crippen molar-refractivity contribution in [2.75, 3.05) is 19.6 Å². The maximum Gasteiger partial charge on any atom is 0.317 e. The molecule has 20 heavy (non-hydrogen) atoms. The summed E-state index contributed by atoms with van der Waals surface area (Å²) in [7, 11) is 0.